The fraction of sp³-hybridized carbons (Fsp3) is 1.00. The van der Waals surface area contributed by atoms with Crippen molar-refractivity contribution >= 4 is 0 Å². The summed E-state index contributed by atoms with van der Waals surface area (Å²) in [4.78, 5) is 0. The summed E-state index contributed by atoms with van der Waals surface area (Å²) in [6.45, 7) is 7.16. The zero-order valence-corrected chi connectivity index (χ0v) is 12.7. The van der Waals surface area contributed by atoms with Gasteiger partial charge in [0.25, 0.3) is 0 Å². The van der Waals surface area contributed by atoms with E-state index in [-0.39, 0.29) is 0 Å². The van der Waals surface area contributed by atoms with Crippen LogP contribution >= 0.6 is 0 Å². The molecule has 0 heterocycles. The molecule has 2 fully saturated rings. The molecule has 2 N–H and O–H groups in total. The highest BCUT2D eigenvalue weighted by Gasteiger charge is 2.36. The summed E-state index contributed by atoms with van der Waals surface area (Å²) in [5.74, 6) is 4.57. The van der Waals surface area contributed by atoms with Crippen molar-refractivity contribution in [1.82, 2.24) is 0 Å². The van der Waals surface area contributed by atoms with E-state index in [0.29, 0.717) is 6.04 Å². The largest absolute Gasteiger partial charge is 0.327 e. The van der Waals surface area contributed by atoms with Gasteiger partial charge in [0.2, 0.25) is 0 Å². The van der Waals surface area contributed by atoms with Crippen molar-refractivity contribution in [1.29, 1.82) is 0 Å². The van der Waals surface area contributed by atoms with Gasteiger partial charge in [-0.1, -0.05) is 46.5 Å². The van der Waals surface area contributed by atoms with Crippen LogP contribution in [0.5, 0.6) is 0 Å². The Balaban J connectivity index is 1.96. The minimum absolute atomic E-state index is 0.501. The molecule has 106 valence electrons. The minimum atomic E-state index is 0.501. The molecule has 1 nitrogen and oxygen atoms in total. The molecule has 2 aliphatic rings. The smallest absolute Gasteiger partial charge is 0.00700 e. The minimum Gasteiger partial charge on any atom is -0.327 e. The van der Waals surface area contributed by atoms with Crippen LogP contribution in [0.4, 0.5) is 0 Å². The van der Waals surface area contributed by atoms with Crippen molar-refractivity contribution in [3.8, 4) is 0 Å². The molecule has 2 saturated carbocycles. The van der Waals surface area contributed by atoms with Gasteiger partial charge in [0.05, 0.1) is 0 Å². The van der Waals surface area contributed by atoms with Crippen LogP contribution in [-0.2, 0) is 0 Å². The van der Waals surface area contributed by atoms with E-state index in [1.165, 1.54) is 51.4 Å². The van der Waals surface area contributed by atoms with Gasteiger partial charge in [-0.3, -0.25) is 0 Å². The highest BCUT2D eigenvalue weighted by molar-refractivity contribution is 4.89. The van der Waals surface area contributed by atoms with Gasteiger partial charge in [0, 0.05) is 6.04 Å². The second-order valence-corrected chi connectivity index (χ2v) is 7.35. The number of rotatable bonds is 3. The molecular weight excluding hydrogens is 218 g/mol. The third-order valence-electron chi connectivity index (χ3n) is 5.94. The molecule has 18 heavy (non-hydrogen) atoms. The van der Waals surface area contributed by atoms with Gasteiger partial charge in [-0.25, -0.2) is 0 Å². The van der Waals surface area contributed by atoms with Gasteiger partial charge in [-0.2, -0.15) is 0 Å². The van der Waals surface area contributed by atoms with Crippen LogP contribution in [0.3, 0.4) is 0 Å². The van der Waals surface area contributed by atoms with Crippen LogP contribution in [0.2, 0.25) is 0 Å². The summed E-state index contributed by atoms with van der Waals surface area (Å²) in [7, 11) is 0. The Morgan fingerprint density at radius 3 is 2.50 bits per heavy atom. The molecule has 0 spiro atoms. The Labute approximate surface area is 114 Å². The van der Waals surface area contributed by atoms with Crippen molar-refractivity contribution in [2.24, 2.45) is 35.3 Å². The maximum Gasteiger partial charge on any atom is 0.00700 e. The van der Waals surface area contributed by atoms with E-state index in [4.69, 9.17) is 5.73 Å². The molecule has 0 saturated heterocycles. The van der Waals surface area contributed by atoms with Gasteiger partial charge >= 0.3 is 0 Å². The molecular formula is C17H33N. The molecule has 2 rings (SSSR count). The van der Waals surface area contributed by atoms with Gasteiger partial charge in [-0.15, -0.1) is 0 Å². The first kappa shape index (κ1) is 14.4. The number of hydrogen-bond acceptors (Lipinski definition) is 1. The predicted molar refractivity (Wildman–Crippen MR) is 79.4 cm³/mol. The van der Waals surface area contributed by atoms with Gasteiger partial charge in [0.1, 0.15) is 0 Å². The van der Waals surface area contributed by atoms with Crippen molar-refractivity contribution < 1.29 is 0 Å². The van der Waals surface area contributed by atoms with Crippen LogP contribution < -0.4 is 5.73 Å². The quantitative estimate of drug-likeness (QED) is 0.779. The van der Waals surface area contributed by atoms with Crippen LogP contribution in [-0.4, -0.2) is 6.04 Å². The Hall–Kier alpha value is -0.0400. The van der Waals surface area contributed by atoms with E-state index in [0.717, 1.165) is 29.6 Å². The lowest BCUT2D eigenvalue weighted by Gasteiger charge is -2.43. The molecule has 1 heteroatoms. The third kappa shape index (κ3) is 3.29. The molecule has 0 aromatic heterocycles. The highest BCUT2D eigenvalue weighted by atomic mass is 14.7. The van der Waals surface area contributed by atoms with E-state index in [1.807, 2.05) is 0 Å². The van der Waals surface area contributed by atoms with Crippen molar-refractivity contribution in [3.05, 3.63) is 0 Å². The summed E-state index contributed by atoms with van der Waals surface area (Å²) in [5, 5.41) is 0. The first-order valence-electron chi connectivity index (χ1n) is 8.37. The molecule has 0 aliphatic heterocycles. The van der Waals surface area contributed by atoms with Crippen molar-refractivity contribution in [2.75, 3.05) is 0 Å². The molecule has 2 aliphatic carbocycles. The Bertz CT molecular complexity index is 248. The van der Waals surface area contributed by atoms with E-state index >= 15 is 0 Å². The predicted octanol–water partition coefficient (Wildman–Crippen LogP) is 4.60. The Morgan fingerprint density at radius 1 is 1.06 bits per heavy atom. The summed E-state index contributed by atoms with van der Waals surface area (Å²) in [5.41, 5.74) is 6.46. The van der Waals surface area contributed by atoms with Crippen molar-refractivity contribution in [3.63, 3.8) is 0 Å². The van der Waals surface area contributed by atoms with E-state index in [1.54, 1.807) is 0 Å². The fourth-order valence-corrected chi connectivity index (χ4v) is 4.50. The van der Waals surface area contributed by atoms with Crippen LogP contribution in [0.15, 0.2) is 0 Å². The number of nitrogens with two attached hydrogens (primary N) is 1. The lowest BCUT2D eigenvalue weighted by atomic mass is 9.64. The molecule has 0 radical (unpaired) electrons. The van der Waals surface area contributed by atoms with E-state index in [9.17, 15) is 0 Å². The van der Waals surface area contributed by atoms with E-state index in [2.05, 4.69) is 20.8 Å². The summed E-state index contributed by atoms with van der Waals surface area (Å²) < 4.78 is 0. The van der Waals surface area contributed by atoms with Crippen LogP contribution in [0.1, 0.15) is 72.1 Å². The Morgan fingerprint density at radius 2 is 1.83 bits per heavy atom. The average Bonchev–Trinajstić information content (AvgIpc) is 2.39. The third-order valence-corrected chi connectivity index (χ3v) is 5.94. The zero-order chi connectivity index (χ0) is 13.1. The monoisotopic (exact) mass is 251 g/mol. The highest BCUT2D eigenvalue weighted by Crippen LogP contribution is 2.43. The second-order valence-electron chi connectivity index (χ2n) is 7.35. The van der Waals surface area contributed by atoms with Gasteiger partial charge in [-0.05, 0) is 55.3 Å². The Kier molecular flexibility index (Phi) is 5.12. The van der Waals surface area contributed by atoms with Crippen molar-refractivity contribution in [2.45, 2.75) is 78.2 Å². The molecule has 0 amide bonds. The first-order valence-corrected chi connectivity index (χ1v) is 8.37. The zero-order valence-electron chi connectivity index (χ0n) is 12.7. The SMILES string of the molecule is CCC1CCCC(C2CC(C(C)C)CCC2N)C1. The van der Waals surface area contributed by atoms with Gasteiger partial charge < -0.3 is 5.73 Å². The summed E-state index contributed by atoms with van der Waals surface area (Å²) in [6.07, 6.45) is 11.3. The molecule has 5 atom stereocenters. The summed E-state index contributed by atoms with van der Waals surface area (Å²) in [6, 6.07) is 0.501. The van der Waals surface area contributed by atoms with Crippen LogP contribution in [0.25, 0.3) is 0 Å². The molecule has 5 unspecified atom stereocenters. The van der Waals surface area contributed by atoms with Gasteiger partial charge in [0.15, 0.2) is 0 Å². The summed E-state index contributed by atoms with van der Waals surface area (Å²) >= 11 is 0. The van der Waals surface area contributed by atoms with Crippen LogP contribution in [0, 0.1) is 29.6 Å². The second kappa shape index (κ2) is 6.41. The maximum atomic E-state index is 6.46. The first-order chi connectivity index (χ1) is 8.61. The van der Waals surface area contributed by atoms with E-state index < -0.39 is 0 Å². The molecule has 0 aromatic rings. The fourth-order valence-electron chi connectivity index (χ4n) is 4.50. The number of hydrogen-bond donors (Lipinski definition) is 1. The standard InChI is InChI=1S/C17H33N/c1-4-13-6-5-7-15(10-13)16-11-14(12(2)3)8-9-17(16)18/h12-17H,4-11,18H2,1-3H3. The lowest BCUT2D eigenvalue weighted by molar-refractivity contribution is 0.0982. The normalized spacial score (nSPS) is 42.2. The molecule has 0 aromatic carbocycles. The maximum absolute atomic E-state index is 6.46. The molecule has 0 bridgehead atoms. The lowest BCUT2D eigenvalue weighted by Crippen LogP contribution is -2.42. The average molecular weight is 251 g/mol. The topological polar surface area (TPSA) is 26.0 Å².